The zero-order valence-electron chi connectivity index (χ0n) is 10.6. The van der Waals surface area contributed by atoms with Crippen molar-refractivity contribution >= 4 is 0 Å². The van der Waals surface area contributed by atoms with E-state index in [9.17, 15) is 5.26 Å². The van der Waals surface area contributed by atoms with Gasteiger partial charge in [0.25, 0.3) is 0 Å². The third-order valence-corrected chi connectivity index (χ3v) is 3.42. The molecule has 1 aliphatic rings. The molecule has 1 aliphatic heterocycles. The van der Waals surface area contributed by atoms with Crippen LogP contribution in [0.5, 0.6) is 0 Å². The van der Waals surface area contributed by atoms with E-state index in [0.717, 1.165) is 16.8 Å². The zero-order chi connectivity index (χ0) is 13.3. The van der Waals surface area contributed by atoms with Crippen molar-refractivity contribution in [2.24, 2.45) is 0 Å². The van der Waals surface area contributed by atoms with E-state index in [4.69, 9.17) is 4.74 Å². The first kappa shape index (κ1) is 11.8. The van der Waals surface area contributed by atoms with Gasteiger partial charge in [0, 0.05) is 11.8 Å². The Morgan fingerprint density at radius 3 is 2.68 bits per heavy atom. The Labute approximate surface area is 111 Å². The van der Waals surface area contributed by atoms with Crippen molar-refractivity contribution in [3.8, 4) is 17.3 Å². The van der Waals surface area contributed by atoms with Crippen molar-refractivity contribution in [3.05, 3.63) is 47.9 Å². The quantitative estimate of drug-likeness (QED) is 0.821. The summed E-state index contributed by atoms with van der Waals surface area (Å²) in [5.74, 6) is 0.557. The fourth-order valence-corrected chi connectivity index (χ4v) is 2.15. The molecule has 0 radical (unpaired) electrons. The summed E-state index contributed by atoms with van der Waals surface area (Å²) in [6.45, 7) is 2.80. The van der Waals surface area contributed by atoms with Crippen molar-refractivity contribution < 1.29 is 4.74 Å². The summed E-state index contributed by atoms with van der Waals surface area (Å²) in [5.41, 5.74) is 2.41. The highest BCUT2D eigenvalue weighted by atomic mass is 16.5. The normalized spacial score (nSPS) is 16.4. The molecule has 1 aromatic heterocycles. The highest BCUT2D eigenvalue weighted by molar-refractivity contribution is 5.63. The highest BCUT2D eigenvalue weighted by Crippen LogP contribution is 2.30. The van der Waals surface area contributed by atoms with E-state index in [-0.39, 0.29) is 0 Å². The van der Waals surface area contributed by atoms with Crippen LogP contribution in [0.2, 0.25) is 0 Å². The van der Waals surface area contributed by atoms with Gasteiger partial charge in [-0.25, -0.2) is 9.97 Å². The number of nitriles is 1. The Morgan fingerprint density at radius 1 is 1.26 bits per heavy atom. The molecule has 1 saturated heterocycles. The summed E-state index contributed by atoms with van der Waals surface area (Å²) in [6, 6.07) is 12.2. The number of aryl methyl sites for hydroxylation is 1. The van der Waals surface area contributed by atoms with Crippen molar-refractivity contribution in [2.75, 3.05) is 13.2 Å². The first-order valence-corrected chi connectivity index (χ1v) is 6.14. The highest BCUT2D eigenvalue weighted by Gasteiger charge is 2.43. The van der Waals surface area contributed by atoms with Gasteiger partial charge in [0.1, 0.15) is 0 Å². The molecule has 1 aromatic carbocycles. The van der Waals surface area contributed by atoms with Crippen LogP contribution in [0, 0.1) is 18.3 Å². The van der Waals surface area contributed by atoms with Gasteiger partial charge in [-0.1, -0.05) is 24.3 Å². The molecule has 0 spiro atoms. The molecule has 0 amide bonds. The fourth-order valence-electron chi connectivity index (χ4n) is 2.15. The number of aromatic nitrogens is 2. The molecule has 0 atom stereocenters. The molecule has 2 heterocycles. The zero-order valence-corrected chi connectivity index (χ0v) is 10.6. The number of benzene rings is 1. The van der Waals surface area contributed by atoms with Gasteiger partial charge in [0.15, 0.2) is 11.2 Å². The van der Waals surface area contributed by atoms with Crippen molar-refractivity contribution in [1.82, 2.24) is 9.97 Å². The minimum atomic E-state index is -0.668. The number of ether oxygens (including phenoxy) is 1. The minimum Gasteiger partial charge on any atom is -0.377 e. The first-order valence-electron chi connectivity index (χ1n) is 6.14. The van der Waals surface area contributed by atoms with Gasteiger partial charge < -0.3 is 4.74 Å². The summed E-state index contributed by atoms with van der Waals surface area (Å²) >= 11 is 0. The van der Waals surface area contributed by atoms with E-state index in [0.29, 0.717) is 19.0 Å². The van der Waals surface area contributed by atoms with Crippen LogP contribution in [0.4, 0.5) is 0 Å². The molecule has 0 bridgehead atoms. The summed E-state index contributed by atoms with van der Waals surface area (Å²) < 4.78 is 5.15. The average molecular weight is 251 g/mol. The second-order valence-electron chi connectivity index (χ2n) is 4.77. The SMILES string of the molecule is Cc1ccccc1-c1ccnc(C2(C#N)COC2)n1. The lowest BCUT2D eigenvalue weighted by atomic mass is 9.86. The fraction of sp³-hybridized carbons (Fsp3) is 0.267. The van der Waals surface area contributed by atoms with E-state index in [2.05, 4.69) is 16.0 Å². The molecule has 3 rings (SSSR count). The Balaban J connectivity index is 2.07. The lowest BCUT2D eigenvalue weighted by molar-refractivity contribution is -0.0338. The molecule has 19 heavy (non-hydrogen) atoms. The molecular formula is C15H13N3O. The van der Waals surface area contributed by atoms with Crippen LogP contribution in [0.15, 0.2) is 36.5 Å². The van der Waals surface area contributed by atoms with Gasteiger partial charge in [-0.3, -0.25) is 0 Å². The molecule has 0 unspecified atom stereocenters. The monoisotopic (exact) mass is 251 g/mol. The molecule has 1 fully saturated rings. The van der Waals surface area contributed by atoms with Crippen LogP contribution in [-0.2, 0) is 10.2 Å². The molecule has 0 saturated carbocycles. The van der Waals surface area contributed by atoms with E-state index in [1.54, 1.807) is 6.20 Å². The maximum Gasteiger partial charge on any atom is 0.163 e. The number of hydrogen-bond acceptors (Lipinski definition) is 4. The lowest BCUT2D eigenvalue weighted by Gasteiger charge is -2.33. The number of hydrogen-bond donors (Lipinski definition) is 0. The molecular weight excluding hydrogens is 238 g/mol. The molecule has 0 N–H and O–H groups in total. The van der Waals surface area contributed by atoms with E-state index in [1.165, 1.54) is 0 Å². The van der Waals surface area contributed by atoms with Gasteiger partial charge in [-0.05, 0) is 18.6 Å². The van der Waals surface area contributed by atoms with Gasteiger partial charge >= 0.3 is 0 Å². The second kappa shape index (κ2) is 4.45. The smallest absolute Gasteiger partial charge is 0.163 e. The third kappa shape index (κ3) is 1.88. The maximum atomic E-state index is 9.30. The second-order valence-corrected chi connectivity index (χ2v) is 4.77. The van der Waals surface area contributed by atoms with E-state index >= 15 is 0 Å². The van der Waals surface area contributed by atoms with Crippen LogP contribution >= 0.6 is 0 Å². The minimum absolute atomic E-state index is 0.376. The van der Waals surface area contributed by atoms with Crippen molar-refractivity contribution in [3.63, 3.8) is 0 Å². The van der Waals surface area contributed by atoms with E-state index in [1.807, 2.05) is 37.3 Å². The molecule has 2 aromatic rings. The Bertz CT molecular complexity index is 656. The largest absolute Gasteiger partial charge is 0.377 e. The summed E-state index contributed by atoms with van der Waals surface area (Å²) in [7, 11) is 0. The molecule has 0 aliphatic carbocycles. The van der Waals surface area contributed by atoms with Crippen molar-refractivity contribution in [2.45, 2.75) is 12.3 Å². The van der Waals surface area contributed by atoms with Gasteiger partial charge in [-0.2, -0.15) is 5.26 Å². The van der Waals surface area contributed by atoms with Crippen LogP contribution in [0.3, 0.4) is 0 Å². The summed E-state index contributed by atoms with van der Waals surface area (Å²) in [4.78, 5) is 8.80. The average Bonchev–Trinajstić information content (AvgIpc) is 2.39. The predicted molar refractivity (Wildman–Crippen MR) is 70.3 cm³/mol. The summed E-state index contributed by atoms with van der Waals surface area (Å²) in [6.07, 6.45) is 1.71. The van der Waals surface area contributed by atoms with Crippen LogP contribution in [-0.4, -0.2) is 23.2 Å². The van der Waals surface area contributed by atoms with Crippen LogP contribution in [0.25, 0.3) is 11.3 Å². The van der Waals surface area contributed by atoms with Gasteiger partial charge in [-0.15, -0.1) is 0 Å². The topological polar surface area (TPSA) is 58.8 Å². The maximum absolute atomic E-state index is 9.30. The van der Waals surface area contributed by atoms with Crippen molar-refractivity contribution in [1.29, 1.82) is 5.26 Å². The first-order chi connectivity index (χ1) is 9.25. The number of rotatable bonds is 2. The standard InChI is InChI=1S/C15H13N3O/c1-11-4-2-3-5-12(11)13-6-7-17-14(18-13)15(8-16)9-19-10-15/h2-7H,9-10H2,1H3. The molecule has 4 nitrogen and oxygen atoms in total. The Morgan fingerprint density at radius 2 is 2.05 bits per heavy atom. The van der Waals surface area contributed by atoms with Crippen LogP contribution in [0.1, 0.15) is 11.4 Å². The van der Waals surface area contributed by atoms with Gasteiger partial charge in [0.2, 0.25) is 0 Å². The lowest BCUT2D eigenvalue weighted by Crippen LogP contribution is -2.46. The molecule has 94 valence electrons. The molecule has 4 heteroatoms. The van der Waals surface area contributed by atoms with E-state index < -0.39 is 5.41 Å². The summed E-state index contributed by atoms with van der Waals surface area (Å²) in [5, 5.41) is 9.30. The Hall–Kier alpha value is -2.25. The Kier molecular flexibility index (Phi) is 2.77. The number of nitrogens with zero attached hydrogens (tertiary/aromatic N) is 3. The predicted octanol–water partition coefficient (Wildman–Crippen LogP) is 2.24. The third-order valence-electron chi connectivity index (χ3n) is 3.42. The van der Waals surface area contributed by atoms with Gasteiger partial charge in [0.05, 0.1) is 25.0 Å². The van der Waals surface area contributed by atoms with Crippen LogP contribution < -0.4 is 0 Å².